The van der Waals surface area contributed by atoms with Gasteiger partial charge in [0, 0.05) is 17.6 Å². The number of nitrogens with one attached hydrogen (secondary N) is 1. The molecule has 0 unspecified atom stereocenters. The monoisotopic (exact) mass is 422 g/mol. The highest BCUT2D eigenvalue weighted by Crippen LogP contribution is 2.42. The zero-order chi connectivity index (χ0) is 20.8. The van der Waals surface area contributed by atoms with E-state index in [9.17, 15) is 18.0 Å². The smallest absolute Gasteiger partial charge is 0.320 e. The number of aryl methyl sites for hydroxylation is 2. The Balaban J connectivity index is 1.96. The molecule has 0 aliphatic carbocycles. The van der Waals surface area contributed by atoms with Crippen LogP contribution < -0.4 is 5.32 Å². The first-order valence-corrected chi connectivity index (χ1v) is 9.79. The van der Waals surface area contributed by atoms with Gasteiger partial charge in [0.1, 0.15) is 18.1 Å². The zero-order valence-corrected chi connectivity index (χ0v) is 16.4. The minimum atomic E-state index is -4.78. The van der Waals surface area contributed by atoms with Gasteiger partial charge in [0.25, 0.3) is 0 Å². The Hall–Kier alpha value is -2.95. The van der Waals surface area contributed by atoms with E-state index >= 15 is 0 Å². The van der Waals surface area contributed by atoms with E-state index in [1.54, 1.807) is 22.9 Å². The van der Waals surface area contributed by atoms with E-state index in [1.165, 1.54) is 22.2 Å². The Bertz CT molecular complexity index is 1090. The van der Waals surface area contributed by atoms with Gasteiger partial charge < -0.3 is 5.32 Å². The first-order chi connectivity index (χ1) is 13.8. The van der Waals surface area contributed by atoms with Gasteiger partial charge in [-0.1, -0.05) is 6.92 Å². The van der Waals surface area contributed by atoms with Crippen molar-refractivity contribution < 1.29 is 18.0 Å². The van der Waals surface area contributed by atoms with Crippen molar-refractivity contribution in [3.05, 3.63) is 57.4 Å². The maximum absolute atomic E-state index is 14.0. The van der Waals surface area contributed by atoms with E-state index in [1.807, 2.05) is 13.8 Å². The molecule has 3 aromatic heterocycles. The molecule has 11 heteroatoms. The lowest BCUT2D eigenvalue weighted by molar-refractivity contribution is -0.0918. The van der Waals surface area contributed by atoms with Crippen LogP contribution in [-0.2, 0) is 13.0 Å². The van der Waals surface area contributed by atoms with Gasteiger partial charge in [-0.05, 0) is 31.5 Å². The van der Waals surface area contributed by atoms with E-state index in [0.29, 0.717) is 18.7 Å². The third kappa shape index (κ3) is 3.24. The van der Waals surface area contributed by atoms with Crippen molar-refractivity contribution in [1.82, 2.24) is 24.5 Å². The summed E-state index contributed by atoms with van der Waals surface area (Å²) >= 11 is 1.19. The van der Waals surface area contributed by atoms with Crippen molar-refractivity contribution >= 4 is 23.1 Å². The predicted molar refractivity (Wildman–Crippen MR) is 101 cm³/mol. The number of fused-ring (bicyclic) bond motifs is 1. The van der Waals surface area contributed by atoms with Crippen LogP contribution in [0.4, 0.5) is 19.1 Å². The van der Waals surface area contributed by atoms with Crippen LogP contribution in [0.5, 0.6) is 0 Å². The second-order valence-corrected chi connectivity index (χ2v) is 7.53. The van der Waals surface area contributed by atoms with Crippen LogP contribution in [0.15, 0.2) is 42.0 Å². The average Bonchev–Trinajstić information content (AvgIpc) is 3.44. The molecule has 0 fully saturated rings. The number of carbonyl (C=O) groups excluding carboxylic acids is 1. The van der Waals surface area contributed by atoms with Gasteiger partial charge in [0.05, 0.1) is 16.1 Å². The van der Waals surface area contributed by atoms with Crippen molar-refractivity contribution in [3.8, 4) is 0 Å². The number of anilines is 1. The van der Waals surface area contributed by atoms with Crippen LogP contribution in [0.3, 0.4) is 0 Å². The highest BCUT2D eigenvalue weighted by molar-refractivity contribution is 7.14. The van der Waals surface area contributed by atoms with Gasteiger partial charge in [0.2, 0.25) is 11.7 Å². The summed E-state index contributed by atoms with van der Waals surface area (Å²) in [4.78, 5) is 18.4. The third-order valence-electron chi connectivity index (χ3n) is 4.69. The quantitative estimate of drug-likeness (QED) is 0.633. The van der Waals surface area contributed by atoms with Gasteiger partial charge in [-0.2, -0.15) is 28.4 Å². The molecule has 152 valence electrons. The number of carbonyl (C=O) groups is 1. The summed E-state index contributed by atoms with van der Waals surface area (Å²) in [6, 6.07) is 3.82. The number of hydrogen-bond acceptors (Lipinski definition) is 6. The number of rotatable bonds is 5. The molecule has 1 atom stereocenters. The number of Topliss-reactive ketones (excluding diaryl/α,β-unsaturated/α-hetero) is 1. The normalized spacial score (nSPS) is 16.7. The topological polar surface area (TPSA) is 77.6 Å². The van der Waals surface area contributed by atoms with Crippen LogP contribution in [0.1, 0.15) is 40.1 Å². The maximum atomic E-state index is 14.0. The number of ketones is 1. The summed E-state index contributed by atoms with van der Waals surface area (Å²) in [6.45, 7) is 4.17. The predicted octanol–water partition coefficient (Wildman–Crippen LogP) is 3.83. The van der Waals surface area contributed by atoms with Crippen LogP contribution in [-0.4, -0.2) is 36.5 Å². The van der Waals surface area contributed by atoms with Crippen LogP contribution in [0.25, 0.3) is 0 Å². The molecule has 0 saturated carbocycles. The van der Waals surface area contributed by atoms with Crippen LogP contribution >= 0.6 is 11.3 Å². The molecule has 0 spiro atoms. The second-order valence-electron chi connectivity index (χ2n) is 6.36. The number of halogens is 3. The summed E-state index contributed by atoms with van der Waals surface area (Å²) in [5.41, 5.74) is -1.11. The van der Waals surface area contributed by atoms with Crippen molar-refractivity contribution in [3.63, 3.8) is 0 Å². The van der Waals surface area contributed by atoms with E-state index in [2.05, 4.69) is 20.5 Å². The van der Waals surface area contributed by atoms with E-state index in [4.69, 9.17) is 0 Å². The molecular weight excluding hydrogens is 405 g/mol. The summed E-state index contributed by atoms with van der Waals surface area (Å²) < 4.78 is 44.8. The Morgan fingerprint density at radius 2 is 2.03 bits per heavy atom. The molecule has 0 aromatic carbocycles. The van der Waals surface area contributed by atoms with Gasteiger partial charge in [0.15, 0.2) is 0 Å². The van der Waals surface area contributed by atoms with Gasteiger partial charge in [-0.25, -0.2) is 4.68 Å². The first-order valence-electron chi connectivity index (χ1n) is 8.98. The fraction of sp³-hybridized carbons (Fsp3) is 0.333. The maximum Gasteiger partial charge on any atom is 0.431 e. The molecule has 0 radical (unpaired) electrons. The minimum absolute atomic E-state index is 0.0804. The molecule has 3 aromatic rings. The fourth-order valence-electron chi connectivity index (χ4n) is 3.36. The molecule has 4 heterocycles. The first kappa shape index (κ1) is 19.4. The summed E-state index contributed by atoms with van der Waals surface area (Å²) in [7, 11) is 0. The molecule has 0 amide bonds. The Labute approximate surface area is 167 Å². The van der Waals surface area contributed by atoms with E-state index in [0.717, 1.165) is 11.2 Å². The third-order valence-corrected chi connectivity index (χ3v) is 5.92. The lowest BCUT2D eigenvalue weighted by atomic mass is 9.94. The van der Waals surface area contributed by atoms with Crippen LogP contribution in [0.2, 0.25) is 0 Å². The van der Waals surface area contributed by atoms with Crippen molar-refractivity contribution in [1.29, 1.82) is 0 Å². The minimum Gasteiger partial charge on any atom is -0.320 e. The van der Waals surface area contributed by atoms with Crippen molar-refractivity contribution in [2.24, 2.45) is 0 Å². The number of hydrogen-bond donors (Lipinski definition) is 1. The summed E-state index contributed by atoms with van der Waals surface area (Å²) in [6.07, 6.45) is -1.43. The number of nitrogens with zero attached hydrogens (tertiary/aromatic N) is 5. The summed E-state index contributed by atoms with van der Waals surface area (Å²) in [5.74, 6) is -0.771. The highest BCUT2D eigenvalue weighted by atomic mass is 32.1. The molecule has 0 saturated heterocycles. The molecule has 7 nitrogen and oxygen atoms in total. The molecule has 0 bridgehead atoms. The molecular formula is C18H17F3N6OS. The summed E-state index contributed by atoms with van der Waals surface area (Å²) in [5, 5.41) is 10.5. The Morgan fingerprint density at radius 3 is 2.69 bits per heavy atom. The lowest BCUT2D eigenvalue weighted by Crippen LogP contribution is -2.35. The van der Waals surface area contributed by atoms with E-state index < -0.39 is 29.3 Å². The molecule has 29 heavy (non-hydrogen) atoms. The fourth-order valence-corrected chi connectivity index (χ4v) is 4.26. The number of thiophene rings is 1. The average molecular weight is 422 g/mol. The molecule has 4 rings (SSSR count). The number of alkyl halides is 3. The second kappa shape index (κ2) is 7.14. The van der Waals surface area contributed by atoms with E-state index in [-0.39, 0.29) is 10.8 Å². The molecule has 1 aliphatic rings. The lowest BCUT2D eigenvalue weighted by Gasteiger charge is -2.30. The Morgan fingerprint density at radius 1 is 1.24 bits per heavy atom. The standard InChI is InChI=1S/C18H17F3N6OS/c1-3-10-5-6-12(29-10)15(28)13-14(11-7-8-23-26(11)4-2)27-17(22-9-24-27)25-16(13)18(19,20)21/h5-9,14H,3-4H2,1-2H3,(H,22,24,25)/t14-/m1/s1. The highest BCUT2D eigenvalue weighted by Gasteiger charge is 2.46. The largest absolute Gasteiger partial charge is 0.431 e. The van der Waals surface area contributed by atoms with Crippen LogP contribution in [0, 0.1) is 0 Å². The number of aromatic nitrogens is 5. The zero-order valence-electron chi connectivity index (χ0n) is 15.6. The number of allylic oxidation sites excluding steroid dienone is 2. The van der Waals surface area contributed by atoms with Crippen molar-refractivity contribution in [2.45, 2.75) is 39.0 Å². The Kier molecular flexibility index (Phi) is 4.77. The van der Waals surface area contributed by atoms with Gasteiger partial charge >= 0.3 is 6.18 Å². The molecule has 1 N–H and O–H groups in total. The van der Waals surface area contributed by atoms with Crippen molar-refractivity contribution in [2.75, 3.05) is 5.32 Å². The van der Waals surface area contributed by atoms with Gasteiger partial charge in [-0.3, -0.25) is 9.48 Å². The van der Waals surface area contributed by atoms with Gasteiger partial charge in [-0.15, -0.1) is 11.3 Å². The molecule has 1 aliphatic heterocycles. The SMILES string of the molecule is CCc1ccc(C(=O)C2=C(C(F)(F)F)Nc3ncnn3[C@@H]2c2ccnn2CC)s1.